The standard InChI is InChI=1S/C81H140NO8P/c1-3-5-7-9-11-13-15-17-19-21-23-25-27-29-31-33-35-37-38-39-40-42-44-46-48-50-52-54-56-58-60-62-64-66-68-70-72-74-81(84)90-79(78-89-91(85,86)88-76-75-82)77-87-80(83)73-71-69-67-65-63-61-59-57-55-53-51-49-47-45-43-41-36-34-32-30-28-26-24-22-20-18-16-14-12-10-8-6-4-2/h5,7,11,13,17,19,22-25,29,31,35,37,39-40,44,46,50,52,56,58,79H,3-4,6,8-10,12,14-16,18,20-21,26-28,30,32-34,36,38,41-43,45,47-49,51,53-55,57,59-78,82H2,1-2H3,(H,85,86)/b7-5-,13-11-,19-17-,24-22-,25-23-,31-29-,37-35-,40-39-,46-44-,52-50-,58-56-. The van der Waals surface area contributed by atoms with E-state index in [2.05, 4.69) is 148 Å². The van der Waals surface area contributed by atoms with Crippen LogP contribution in [0.25, 0.3) is 0 Å². The van der Waals surface area contributed by atoms with Crippen molar-refractivity contribution in [2.45, 2.75) is 341 Å². The summed E-state index contributed by atoms with van der Waals surface area (Å²) in [4.78, 5) is 35.4. The Labute approximate surface area is 561 Å². The maximum absolute atomic E-state index is 12.8. The summed E-state index contributed by atoms with van der Waals surface area (Å²) >= 11 is 0. The number of allylic oxidation sites excluding steroid dienone is 22. The lowest BCUT2D eigenvalue weighted by molar-refractivity contribution is -0.161. The molecule has 0 saturated carbocycles. The van der Waals surface area contributed by atoms with Gasteiger partial charge in [-0.25, -0.2) is 4.57 Å². The molecular formula is C81H140NO8P. The van der Waals surface area contributed by atoms with Gasteiger partial charge >= 0.3 is 19.8 Å². The maximum atomic E-state index is 12.8. The van der Waals surface area contributed by atoms with E-state index < -0.39 is 26.5 Å². The minimum Gasteiger partial charge on any atom is -0.462 e. The van der Waals surface area contributed by atoms with Crippen LogP contribution in [0, 0.1) is 0 Å². The molecule has 0 heterocycles. The Morgan fingerprint density at radius 1 is 0.341 bits per heavy atom. The molecule has 10 heteroatoms. The molecule has 0 bridgehead atoms. The lowest BCUT2D eigenvalue weighted by Gasteiger charge is -2.19. The van der Waals surface area contributed by atoms with E-state index in [1.165, 1.54) is 180 Å². The molecule has 0 aliphatic carbocycles. The summed E-state index contributed by atoms with van der Waals surface area (Å²) in [6.07, 6.45) is 107. The molecule has 0 aliphatic heterocycles. The van der Waals surface area contributed by atoms with E-state index in [0.29, 0.717) is 6.42 Å². The summed E-state index contributed by atoms with van der Waals surface area (Å²) in [5.41, 5.74) is 5.41. The monoisotopic (exact) mass is 1290 g/mol. The Balaban J connectivity index is 3.92. The second-order valence-corrected chi connectivity index (χ2v) is 26.2. The first kappa shape index (κ1) is 87.2. The number of carbonyl (C=O) groups is 2. The van der Waals surface area contributed by atoms with Crippen LogP contribution in [0.2, 0.25) is 0 Å². The highest BCUT2D eigenvalue weighted by Gasteiger charge is 2.26. The van der Waals surface area contributed by atoms with Crippen LogP contribution >= 0.6 is 7.82 Å². The van der Waals surface area contributed by atoms with Crippen molar-refractivity contribution in [1.82, 2.24) is 0 Å². The van der Waals surface area contributed by atoms with Crippen LogP contribution in [0.3, 0.4) is 0 Å². The van der Waals surface area contributed by atoms with E-state index in [0.717, 1.165) is 122 Å². The molecule has 0 aromatic heterocycles. The molecule has 522 valence electrons. The first-order valence-electron chi connectivity index (χ1n) is 37.7. The van der Waals surface area contributed by atoms with Gasteiger partial charge in [0.2, 0.25) is 0 Å². The molecule has 91 heavy (non-hydrogen) atoms. The average molecular weight is 1290 g/mol. The van der Waals surface area contributed by atoms with E-state index >= 15 is 0 Å². The molecule has 2 atom stereocenters. The number of carbonyl (C=O) groups excluding carboxylic acids is 2. The number of nitrogens with two attached hydrogens (primary N) is 1. The number of phosphoric ester groups is 1. The Kier molecular flexibility index (Phi) is 72.0. The highest BCUT2D eigenvalue weighted by Crippen LogP contribution is 2.43. The van der Waals surface area contributed by atoms with E-state index in [-0.39, 0.29) is 38.6 Å². The molecule has 0 amide bonds. The zero-order chi connectivity index (χ0) is 65.8. The number of ether oxygens (including phenoxy) is 2. The minimum atomic E-state index is -4.41. The minimum absolute atomic E-state index is 0.0457. The van der Waals surface area contributed by atoms with Crippen molar-refractivity contribution in [3.05, 3.63) is 134 Å². The zero-order valence-corrected chi connectivity index (χ0v) is 59.7. The van der Waals surface area contributed by atoms with E-state index in [1.54, 1.807) is 0 Å². The number of hydrogen-bond donors (Lipinski definition) is 2. The van der Waals surface area contributed by atoms with Crippen molar-refractivity contribution in [2.24, 2.45) is 5.73 Å². The molecule has 3 N–H and O–H groups in total. The molecule has 0 aromatic rings. The highest BCUT2D eigenvalue weighted by molar-refractivity contribution is 7.47. The summed E-state index contributed by atoms with van der Waals surface area (Å²) < 4.78 is 33.2. The summed E-state index contributed by atoms with van der Waals surface area (Å²) in [5, 5.41) is 0. The van der Waals surface area contributed by atoms with Crippen LogP contribution in [0.1, 0.15) is 335 Å². The highest BCUT2D eigenvalue weighted by atomic mass is 31.2. The van der Waals surface area contributed by atoms with E-state index in [9.17, 15) is 19.0 Å². The van der Waals surface area contributed by atoms with E-state index in [1.807, 2.05) is 0 Å². The van der Waals surface area contributed by atoms with Crippen molar-refractivity contribution in [1.29, 1.82) is 0 Å². The van der Waals surface area contributed by atoms with Gasteiger partial charge in [-0.2, -0.15) is 0 Å². The lowest BCUT2D eigenvalue weighted by Crippen LogP contribution is -2.29. The molecule has 0 aliphatic rings. The predicted octanol–water partition coefficient (Wildman–Crippen LogP) is 25.2. The third-order valence-electron chi connectivity index (χ3n) is 16.0. The first-order valence-corrected chi connectivity index (χ1v) is 39.2. The van der Waals surface area contributed by atoms with Crippen LogP contribution in [0.5, 0.6) is 0 Å². The molecule has 0 aromatic carbocycles. The fraction of sp³-hybridized carbons (Fsp3) is 0.704. The van der Waals surface area contributed by atoms with Gasteiger partial charge < -0.3 is 20.1 Å². The number of rotatable bonds is 70. The molecule has 2 unspecified atom stereocenters. The molecule has 0 radical (unpaired) electrons. The first-order chi connectivity index (χ1) is 44.8. The normalized spacial score (nSPS) is 13.7. The Bertz CT molecular complexity index is 1960. The largest absolute Gasteiger partial charge is 0.472 e. The van der Waals surface area contributed by atoms with Crippen molar-refractivity contribution in [2.75, 3.05) is 26.4 Å². The van der Waals surface area contributed by atoms with E-state index in [4.69, 9.17) is 24.3 Å². The van der Waals surface area contributed by atoms with Crippen LogP contribution < -0.4 is 5.73 Å². The summed E-state index contributed by atoms with van der Waals surface area (Å²) in [7, 11) is -4.41. The van der Waals surface area contributed by atoms with Gasteiger partial charge in [0.05, 0.1) is 13.2 Å². The van der Waals surface area contributed by atoms with Gasteiger partial charge in [-0.3, -0.25) is 18.6 Å². The molecule has 0 rings (SSSR count). The van der Waals surface area contributed by atoms with Gasteiger partial charge in [0.15, 0.2) is 6.10 Å². The molecule has 0 saturated heterocycles. The number of phosphoric acid groups is 1. The summed E-state index contributed by atoms with van der Waals surface area (Å²) in [6.45, 7) is 3.64. The molecule has 0 spiro atoms. The molecular weight excluding hydrogens is 1150 g/mol. The van der Waals surface area contributed by atoms with Gasteiger partial charge in [-0.1, -0.05) is 340 Å². The van der Waals surface area contributed by atoms with Gasteiger partial charge in [0.25, 0.3) is 0 Å². The Morgan fingerprint density at radius 2 is 0.604 bits per heavy atom. The van der Waals surface area contributed by atoms with Gasteiger partial charge in [0.1, 0.15) is 6.61 Å². The lowest BCUT2D eigenvalue weighted by atomic mass is 10.0. The molecule has 9 nitrogen and oxygen atoms in total. The van der Waals surface area contributed by atoms with Crippen LogP contribution in [0.4, 0.5) is 0 Å². The third kappa shape index (κ3) is 75.1. The summed E-state index contributed by atoms with van der Waals surface area (Å²) in [6, 6.07) is 0. The van der Waals surface area contributed by atoms with Crippen LogP contribution in [-0.4, -0.2) is 49.3 Å². The van der Waals surface area contributed by atoms with Gasteiger partial charge in [-0.05, 0) is 116 Å². The van der Waals surface area contributed by atoms with Crippen molar-refractivity contribution < 1.29 is 37.6 Å². The van der Waals surface area contributed by atoms with Crippen molar-refractivity contribution in [3.8, 4) is 0 Å². The summed E-state index contributed by atoms with van der Waals surface area (Å²) in [5.74, 6) is -0.840. The zero-order valence-electron chi connectivity index (χ0n) is 58.8. The number of esters is 2. The van der Waals surface area contributed by atoms with Crippen molar-refractivity contribution >= 4 is 19.8 Å². The third-order valence-corrected chi connectivity index (χ3v) is 17.0. The quantitative estimate of drug-likeness (QED) is 0.0264. The second-order valence-electron chi connectivity index (χ2n) is 24.8. The average Bonchev–Trinajstić information content (AvgIpc) is 3.74. The van der Waals surface area contributed by atoms with Crippen LogP contribution in [0.15, 0.2) is 134 Å². The number of unbranched alkanes of at least 4 members (excludes halogenated alkanes) is 35. The Morgan fingerprint density at radius 3 is 0.912 bits per heavy atom. The molecule has 0 fully saturated rings. The fourth-order valence-electron chi connectivity index (χ4n) is 10.5. The Hall–Kier alpha value is -3.85. The van der Waals surface area contributed by atoms with Gasteiger partial charge in [-0.15, -0.1) is 0 Å². The van der Waals surface area contributed by atoms with Crippen LogP contribution in [-0.2, 0) is 32.7 Å². The second kappa shape index (κ2) is 75.2. The fourth-order valence-corrected chi connectivity index (χ4v) is 11.3. The number of hydrogen-bond acceptors (Lipinski definition) is 8. The predicted molar refractivity (Wildman–Crippen MR) is 394 cm³/mol. The van der Waals surface area contributed by atoms with Gasteiger partial charge in [0, 0.05) is 19.4 Å². The maximum Gasteiger partial charge on any atom is 0.472 e. The van der Waals surface area contributed by atoms with Crippen molar-refractivity contribution in [3.63, 3.8) is 0 Å². The smallest absolute Gasteiger partial charge is 0.462 e. The topological polar surface area (TPSA) is 134 Å². The SMILES string of the molecule is CC/C=C\C/C=C\C/C=C\C/C=C\C/C=C\C/C=C\C/C=C\C/C=C\C/C=C\C/C=C\CCCCCCCCC(=O)OC(COC(=O)CCCCCCCCCCCCCCCCCCCCCCC/C=C\CCCCCCCCCC)COP(=O)(O)OCCN.